The van der Waals surface area contributed by atoms with Crippen LogP contribution >= 0.6 is 0 Å². The second-order valence-electron chi connectivity index (χ2n) is 10.9. The molecule has 0 bridgehead atoms. The summed E-state index contributed by atoms with van der Waals surface area (Å²) in [7, 11) is 0. The molecule has 5 aromatic rings. The summed E-state index contributed by atoms with van der Waals surface area (Å²) in [6.07, 6.45) is 1.70. The Morgan fingerprint density at radius 1 is 0.884 bits per heavy atom. The number of aryl methyl sites for hydroxylation is 2. The van der Waals surface area contributed by atoms with Crippen molar-refractivity contribution in [1.82, 2.24) is 9.88 Å². The van der Waals surface area contributed by atoms with Gasteiger partial charge in [0.05, 0.1) is 0 Å². The van der Waals surface area contributed by atoms with Crippen LogP contribution in [0.3, 0.4) is 0 Å². The number of aromatic nitrogens is 1. The van der Waals surface area contributed by atoms with Gasteiger partial charge in [0.15, 0.2) is 17.7 Å². The number of fused-ring (bicyclic) bond motifs is 1. The highest BCUT2D eigenvalue weighted by Crippen LogP contribution is 2.32. The van der Waals surface area contributed by atoms with Crippen molar-refractivity contribution in [2.75, 3.05) is 6.54 Å². The van der Waals surface area contributed by atoms with Gasteiger partial charge in [-0.2, -0.15) is 0 Å². The third-order valence-electron chi connectivity index (χ3n) is 7.31. The molecular weight excluding hydrogens is 542 g/mol. The van der Waals surface area contributed by atoms with E-state index in [-0.39, 0.29) is 6.42 Å². The molecule has 0 saturated carbocycles. The summed E-state index contributed by atoms with van der Waals surface area (Å²) in [5.41, 5.74) is 13.6. The Morgan fingerprint density at radius 3 is 2.26 bits per heavy atom. The highest BCUT2D eigenvalue weighted by molar-refractivity contribution is 5.80. The predicted molar refractivity (Wildman–Crippen MR) is 166 cm³/mol. The Bertz CT molecular complexity index is 1680. The molecule has 1 heterocycles. The van der Waals surface area contributed by atoms with E-state index in [1.807, 2.05) is 73.7 Å². The minimum atomic E-state index is -1.02. The number of carboxylic acid groups (broad SMARTS) is 1. The number of aliphatic carboxylic acids is 1. The molecule has 43 heavy (non-hydrogen) atoms. The van der Waals surface area contributed by atoms with Gasteiger partial charge in [0.25, 0.3) is 0 Å². The molecule has 8 heteroatoms. The van der Waals surface area contributed by atoms with Gasteiger partial charge in [-0.25, -0.2) is 4.98 Å². The van der Waals surface area contributed by atoms with Crippen LogP contribution in [0.4, 0.5) is 0 Å². The third-order valence-corrected chi connectivity index (χ3v) is 7.31. The molecule has 4 aromatic carbocycles. The van der Waals surface area contributed by atoms with E-state index in [1.165, 1.54) is 12.0 Å². The second kappa shape index (κ2) is 14.0. The van der Waals surface area contributed by atoms with Crippen molar-refractivity contribution in [3.8, 4) is 11.5 Å². The van der Waals surface area contributed by atoms with Gasteiger partial charge in [0.2, 0.25) is 0 Å². The van der Waals surface area contributed by atoms with E-state index in [4.69, 9.17) is 19.6 Å². The van der Waals surface area contributed by atoms with Crippen LogP contribution in [-0.4, -0.2) is 33.5 Å². The molecule has 0 saturated heterocycles. The number of benzene rings is 4. The van der Waals surface area contributed by atoms with Gasteiger partial charge >= 0.3 is 5.97 Å². The zero-order valence-electron chi connectivity index (χ0n) is 24.5. The third kappa shape index (κ3) is 8.00. The smallest absolute Gasteiger partial charge is 0.320 e. The van der Waals surface area contributed by atoms with Crippen LogP contribution in [0.5, 0.6) is 11.5 Å². The van der Waals surface area contributed by atoms with E-state index in [2.05, 4.69) is 35.0 Å². The highest BCUT2D eigenvalue weighted by atomic mass is 16.5. The molecule has 0 unspecified atom stereocenters. The van der Waals surface area contributed by atoms with Crippen molar-refractivity contribution in [2.24, 2.45) is 5.73 Å². The number of para-hydroxylation sites is 1. The Labute approximate surface area is 251 Å². The molecular formula is C35H37N3O5. The van der Waals surface area contributed by atoms with Gasteiger partial charge in [-0.05, 0) is 43.5 Å². The van der Waals surface area contributed by atoms with Crippen molar-refractivity contribution in [2.45, 2.75) is 52.6 Å². The predicted octanol–water partition coefficient (Wildman–Crippen LogP) is 6.41. The molecule has 1 atom stereocenters. The Balaban J connectivity index is 1.40. The van der Waals surface area contributed by atoms with Gasteiger partial charge in [0, 0.05) is 30.8 Å². The summed E-state index contributed by atoms with van der Waals surface area (Å²) in [5.74, 6) is 0.373. The van der Waals surface area contributed by atoms with Gasteiger partial charge in [-0.1, -0.05) is 83.9 Å². The summed E-state index contributed by atoms with van der Waals surface area (Å²) in [6, 6.07) is 27.3. The molecule has 0 amide bonds. The number of carboxylic acids is 1. The maximum atomic E-state index is 11.5. The number of rotatable bonds is 14. The normalized spacial score (nSPS) is 12.0. The average molecular weight is 580 g/mol. The van der Waals surface area contributed by atoms with Gasteiger partial charge in [-0.3, -0.25) is 9.69 Å². The number of carbonyl (C=O) groups is 1. The fraction of sp³-hybridized carbons (Fsp3) is 0.257. The standard InChI is InChI=1S/C35H37N3O5/c1-24-7-5-9-26(17-24)21-41-32-12-4-3-11-28(32)19-38(16-15-30(36)35(39)40)20-29-13-14-31-34(43-23-37-31)33(29)42-22-27-10-6-8-25(2)18-27/h3-14,17-18,23,30H,15-16,19-22,36H2,1-2H3,(H,39,40)/t30-/m0/s1. The van der Waals surface area contributed by atoms with Crippen molar-refractivity contribution in [1.29, 1.82) is 0 Å². The van der Waals surface area contributed by atoms with E-state index < -0.39 is 12.0 Å². The molecule has 3 N–H and O–H groups in total. The first kappa shape index (κ1) is 29.8. The number of hydrogen-bond donors (Lipinski definition) is 2. The minimum Gasteiger partial charge on any atom is -0.489 e. The zero-order valence-corrected chi connectivity index (χ0v) is 24.5. The van der Waals surface area contributed by atoms with Gasteiger partial charge < -0.3 is 24.7 Å². The minimum absolute atomic E-state index is 0.283. The van der Waals surface area contributed by atoms with E-state index in [1.54, 1.807) is 0 Å². The van der Waals surface area contributed by atoms with Crippen LogP contribution in [0.15, 0.2) is 95.7 Å². The zero-order chi connectivity index (χ0) is 30.2. The Morgan fingerprint density at radius 2 is 1.56 bits per heavy atom. The second-order valence-corrected chi connectivity index (χ2v) is 10.9. The number of oxazole rings is 1. The van der Waals surface area contributed by atoms with Gasteiger partial charge in [0.1, 0.15) is 30.5 Å². The van der Waals surface area contributed by atoms with Crippen LogP contribution in [-0.2, 0) is 31.1 Å². The van der Waals surface area contributed by atoms with Crippen molar-refractivity contribution in [3.05, 3.63) is 125 Å². The van der Waals surface area contributed by atoms with E-state index in [0.29, 0.717) is 49.7 Å². The molecule has 8 nitrogen and oxygen atoms in total. The topological polar surface area (TPSA) is 111 Å². The monoisotopic (exact) mass is 579 g/mol. The summed E-state index contributed by atoms with van der Waals surface area (Å²) in [4.78, 5) is 18.0. The Hall–Kier alpha value is -4.66. The lowest BCUT2D eigenvalue weighted by Crippen LogP contribution is -2.35. The van der Waals surface area contributed by atoms with Crippen LogP contribution < -0.4 is 15.2 Å². The number of ether oxygens (including phenoxy) is 2. The van der Waals surface area contributed by atoms with Gasteiger partial charge in [-0.15, -0.1) is 0 Å². The van der Waals surface area contributed by atoms with Crippen LogP contribution in [0.2, 0.25) is 0 Å². The number of hydrogen-bond acceptors (Lipinski definition) is 7. The largest absolute Gasteiger partial charge is 0.489 e. The SMILES string of the molecule is Cc1cccc(COc2ccccc2CN(CC[C@H](N)C(=O)O)Cc2ccc3ncoc3c2OCc2cccc(C)c2)c1. The maximum Gasteiger partial charge on any atom is 0.320 e. The maximum absolute atomic E-state index is 11.5. The average Bonchev–Trinajstić information content (AvgIpc) is 3.48. The lowest BCUT2D eigenvalue weighted by molar-refractivity contribution is -0.138. The first-order valence-corrected chi connectivity index (χ1v) is 14.4. The highest BCUT2D eigenvalue weighted by Gasteiger charge is 2.20. The van der Waals surface area contributed by atoms with Crippen LogP contribution in [0.25, 0.3) is 11.1 Å². The Kier molecular flexibility index (Phi) is 9.71. The molecule has 0 fully saturated rings. The fourth-order valence-corrected chi connectivity index (χ4v) is 5.06. The van der Waals surface area contributed by atoms with E-state index in [9.17, 15) is 9.90 Å². The lowest BCUT2D eigenvalue weighted by Gasteiger charge is -2.25. The first-order chi connectivity index (χ1) is 20.9. The molecule has 0 aliphatic rings. The molecule has 222 valence electrons. The van der Waals surface area contributed by atoms with Crippen molar-refractivity contribution < 1.29 is 23.8 Å². The molecule has 1 aromatic heterocycles. The van der Waals surface area contributed by atoms with Crippen LogP contribution in [0, 0.1) is 13.8 Å². The van der Waals surface area contributed by atoms with E-state index in [0.717, 1.165) is 33.6 Å². The summed E-state index contributed by atoms with van der Waals surface area (Å²) in [6.45, 7) is 6.36. The summed E-state index contributed by atoms with van der Waals surface area (Å²) < 4.78 is 18.4. The number of nitrogens with two attached hydrogens (primary N) is 1. The van der Waals surface area contributed by atoms with Crippen molar-refractivity contribution >= 4 is 17.1 Å². The first-order valence-electron chi connectivity index (χ1n) is 14.4. The fourth-order valence-electron chi connectivity index (χ4n) is 5.06. The van der Waals surface area contributed by atoms with Crippen molar-refractivity contribution in [3.63, 3.8) is 0 Å². The molecule has 0 spiro atoms. The number of nitrogens with zero attached hydrogens (tertiary/aromatic N) is 2. The van der Waals surface area contributed by atoms with Crippen LogP contribution in [0.1, 0.15) is 39.8 Å². The molecule has 0 aliphatic carbocycles. The molecule has 5 rings (SSSR count). The molecule has 0 radical (unpaired) electrons. The molecule has 0 aliphatic heterocycles. The summed E-state index contributed by atoms with van der Waals surface area (Å²) >= 11 is 0. The quantitative estimate of drug-likeness (QED) is 0.155. The lowest BCUT2D eigenvalue weighted by atomic mass is 10.1. The summed E-state index contributed by atoms with van der Waals surface area (Å²) in [5, 5.41) is 9.45. The van der Waals surface area contributed by atoms with E-state index >= 15 is 0 Å².